The third kappa shape index (κ3) is 5.24. The molecule has 1 atom stereocenters. The van der Waals surface area contributed by atoms with E-state index in [2.05, 4.69) is 15.5 Å². The summed E-state index contributed by atoms with van der Waals surface area (Å²) >= 11 is 5.44. The Morgan fingerprint density at radius 1 is 1.19 bits per heavy atom. The van der Waals surface area contributed by atoms with Gasteiger partial charge in [0.25, 0.3) is 0 Å². The summed E-state index contributed by atoms with van der Waals surface area (Å²) in [6.07, 6.45) is 0. The fourth-order valence-electron chi connectivity index (χ4n) is 3.12. The summed E-state index contributed by atoms with van der Waals surface area (Å²) in [7, 11) is 0. The molecule has 0 aromatic heterocycles. The van der Waals surface area contributed by atoms with Crippen molar-refractivity contribution in [3.8, 4) is 0 Å². The van der Waals surface area contributed by atoms with E-state index in [1.54, 1.807) is 0 Å². The first-order valence-electron chi connectivity index (χ1n) is 8.80. The summed E-state index contributed by atoms with van der Waals surface area (Å²) in [4.78, 5) is 2.35. The monoisotopic (exact) mass is 373 g/mol. The zero-order valence-corrected chi connectivity index (χ0v) is 15.7. The highest BCUT2D eigenvalue weighted by molar-refractivity contribution is 7.80. The van der Waals surface area contributed by atoms with E-state index in [0.717, 1.165) is 24.3 Å². The van der Waals surface area contributed by atoms with Crippen LogP contribution in [0.1, 0.15) is 17.2 Å². The second-order valence-electron chi connectivity index (χ2n) is 6.42. The fraction of sp³-hybridized carbons (Fsp3) is 0.350. The minimum Gasteiger partial charge on any atom is -0.379 e. The van der Waals surface area contributed by atoms with Gasteiger partial charge in [-0.2, -0.15) is 0 Å². The smallest absolute Gasteiger partial charge is 0.170 e. The number of ether oxygens (including phenoxy) is 1. The predicted octanol–water partition coefficient (Wildman–Crippen LogP) is 3.49. The number of rotatable bonds is 5. The molecule has 2 aromatic rings. The summed E-state index contributed by atoms with van der Waals surface area (Å²) in [6, 6.07) is 14.9. The van der Waals surface area contributed by atoms with Gasteiger partial charge in [-0.05, 0) is 54.5 Å². The second kappa shape index (κ2) is 9.07. The Bertz CT molecular complexity index is 732. The standard InChI is InChI=1S/C20H24FN3OS/c1-15-3-2-4-18(13-15)23-20(26)22-14-19(24-9-11-25-12-10-24)16-5-7-17(21)8-6-16/h2-8,13,19H,9-12,14H2,1H3,(H2,22,23,26)/t19-/m1/s1. The molecule has 138 valence electrons. The first kappa shape index (κ1) is 18.8. The highest BCUT2D eigenvalue weighted by atomic mass is 32.1. The predicted molar refractivity (Wildman–Crippen MR) is 107 cm³/mol. The molecule has 0 saturated carbocycles. The number of anilines is 1. The molecule has 1 heterocycles. The normalized spacial score (nSPS) is 16.1. The molecule has 0 bridgehead atoms. The number of nitrogens with zero attached hydrogens (tertiary/aromatic N) is 1. The van der Waals surface area contributed by atoms with Crippen LogP contribution in [0, 0.1) is 12.7 Å². The first-order chi connectivity index (χ1) is 12.6. The van der Waals surface area contributed by atoms with E-state index >= 15 is 0 Å². The van der Waals surface area contributed by atoms with Crippen molar-refractivity contribution in [3.63, 3.8) is 0 Å². The summed E-state index contributed by atoms with van der Waals surface area (Å²) in [5.74, 6) is -0.223. The molecule has 2 N–H and O–H groups in total. The zero-order chi connectivity index (χ0) is 18.4. The number of thiocarbonyl (C=S) groups is 1. The van der Waals surface area contributed by atoms with Crippen molar-refractivity contribution in [1.29, 1.82) is 0 Å². The molecule has 2 aromatic carbocycles. The van der Waals surface area contributed by atoms with Gasteiger partial charge in [0.2, 0.25) is 0 Å². The van der Waals surface area contributed by atoms with E-state index in [4.69, 9.17) is 17.0 Å². The van der Waals surface area contributed by atoms with Crippen LogP contribution in [0.3, 0.4) is 0 Å². The van der Waals surface area contributed by atoms with E-state index in [1.165, 1.54) is 17.7 Å². The van der Waals surface area contributed by atoms with Gasteiger partial charge in [-0.25, -0.2) is 4.39 Å². The third-order valence-electron chi connectivity index (χ3n) is 4.47. The maximum atomic E-state index is 13.3. The van der Waals surface area contributed by atoms with Crippen LogP contribution >= 0.6 is 12.2 Å². The van der Waals surface area contributed by atoms with E-state index in [1.807, 2.05) is 43.3 Å². The number of hydrogen-bond donors (Lipinski definition) is 2. The van der Waals surface area contributed by atoms with Crippen LogP contribution in [-0.2, 0) is 4.74 Å². The van der Waals surface area contributed by atoms with Gasteiger partial charge < -0.3 is 15.4 Å². The largest absolute Gasteiger partial charge is 0.379 e. The van der Waals surface area contributed by atoms with Gasteiger partial charge in [0.05, 0.1) is 19.3 Å². The van der Waals surface area contributed by atoms with Gasteiger partial charge in [0.15, 0.2) is 5.11 Å². The maximum Gasteiger partial charge on any atom is 0.170 e. The SMILES string of the molecule is Cc1cccc(NC(=S)NC[C@H](c2ccc(F)cc2)N2CCOCC2)c1. The van der Waals surface area contributed by atoms with Gasteiger partial charge in [-0.15, -0.1) is 0 Å². The quantitative estimate of drug-likeness (QED) is 0.785. The molecule has 6 heteroatoms. The van der Waals surface area contributed by atoms with Gasteiger partial charge in [-0.3, -0.25) is 4.90 Å². The van der Waals surface area contributed by atoms with Crippen molar-refractivity contribution >= 4 is 23.0 Å². The Balaban J connectivity index is 1.65. The van der Waals surface area contributed by atoms with Crippen molar-refractivity contribution in [2.45, 2.75) is 13.0 Å². The van der Waals surface area contributed by atoms with Crippen LogP contribution in [0.15, 0.2) is 48.5 Å². The Morgan fingerprint density at radius 2 is 1.92 bits per heavy atom. The maximum absolute atomic E-state index is 13.3. The molecule has 4 nitrogen and oxygen atoms in total. The Hall–Kier alpha value is -2.02. The van der Waals surface area contributed by atoms with Gasteiger partial charge in [0.1, 0.15) is 5.82 Å². The number of morpholine rings is 1. The molecular formula is C20H24FN3OS. The average molecular weight is 373 g/mol. The number of halogens is 1. The number of aryl methyl sites for hydroxylation is 1. The Kier molecular flexibility index (Phi) is 6.55. The molecule has 0 radical (unpaired) electrons. The number of hydrogen-bond acceptors (Lipinski definition) is 3. The molecule has 26 heavy (non-hydrogen) atoms. The zero-order valence-electron chi connectivity index (χ0n) is 14.9. The van der Waals surface area contributed by atoms with E-state index in [9.17, 15) is 4.39 Å². The molecule has 3 rings (SSSR count). The number of benzene rings is 2. The minimum absolute atomic E-state index is 0.108. The van der Waals surface area contributed by atoms with Crippen molar-refractivity contribution in [1.82, 2.24) is 10.2 Å². The van der Waals surface area contributed by atoms with Crippen LogP contribution in [0.4, 0.5) is 10.1 Å². The van der Waals surface area contributed by atoms with Crippen LogP contribution < -0.4 is 10.6 Å². The number of nitrogens with one attached hydrogen (secondary N) is 2. The van der Waals surface area contributed by atoms with Gasteiger partial charge in [-0.1, -0.05) is 24.3 Å². The van der Waals surface area contributed by atoms with Gasteiger partial charge >= 0.3 is 0 Å². The van der Waals surface area contributed by atoms with Crippen molar-refractivity contribution in [3.05, 3.63) is 65.5 Å². The Morgan fingerprint density at radius 3 is 2.62 bits per heavy atom. The lowest BCUT2D eigenvalue weighted by Gasteiger charge is -2.35. The lowest BCUT2D eigenvalue weighted by atomic mass is 10.0. The lowest BCUT2D eigenvalue weighted by Crippen LogP contribution is -2.44. The Labute approximate surface area is 159 Å². The first-order valence-corrected chi connectivity index (χ1v) is 9.21. The molecule has 1 aliphatic heterocycles. The summed E-state index contributed by atoms with van der Waals surface area (Å²) in [6.45, 7) is 5.81. The molecule has 0 spiro atoms. The average Bonchev–Trinajstić information content (AvgIpc) is 2.64. The van der Waals surface area contributed by atoms with Crippen molar-refractivity contribution in [2.75, 3.05) is 38.2 Å². The lowest BCUT2D eigenvalue weighted by molar-refractivity contribution is 0.0170. The third-order valence-corrected chi connectivity index (χ3v) is 4.72. The van der Waals surface area contributed by atoms with E-state index in [-0.39, 0.29) is 11.9 Å². The van der Waals surface area contributed by atoms with Crippen LogP contribution in [-0.4, -0.2) is 42.9 Å². The topological polar surface area (TPSA) is 36.5 Å². The minimum atomic E-state index is -0.223. The van der Waals surface area contributed by atoms with Crippen molar-refractivity contribution in [2.24, 2.45) is 0 Å². The fourth-order valence-corrected chi connectivity index (χ4v) is 3.32. The molecule has 0 amide bonds. The van der Waals surface area contributed by atoms with Gasteiger partial charge in [0, 0.05) is 25.3 Å². The van der Waals surface area contributed by atoms with Crippen LogP contribution in [0.5, 0.6) is 0 Å². The highest BCUT2D eigenvalue weighted by Crippen LogP contribution is 2.22. The van der Waals surface area contributed by atoms with Crippen LogP contribution in [0.25, 0.3) is 0 Å². The second-order valence-corrected chi connectivity index (χ2v) is 6.83. The van der Waals surface area contributed by atoms with Crippen LogP contribution in [0.2, 0.25) is 0 Å². The molecule has 0 unspecified atom stereocenters. The molecule has 1 saturated heterocycles. The van der Waals surface area contributed by atoms with E-state index < -0.39 is 0 Å². The molecular weight excluding hydrogens is 349 g/mol. The summed E-state index contributed by atoms with van der Waals surface area (Å²) in [5.41, 5.74) is 3.21. The highest BCUT2D eigenvalue weighted by Gasteiger charge is 2.22. The van der Waals surface area contributed by atoms with E-state index in [0.29, 0.717) is 24.9 Å². The summed E-state index contributed by atoms with van der Waals surface area (Å²) in [5, 5.41) is 7.10. The molecule has 1 fully saturated rings. The summed E-state index contributed by atoms with van der Waals surface area (Å²) < 4.78 is 18.8. The molecule has 1 aliphatic rings. The van der Waals surface area contributed by atoms with Crippen molar-refractivity contribution < 1.29 is 9.13 Å². The molecule has 0 aliphatic carbocycles.